The Kier molecular flexibility index (Phi) is 4.69. The van der Waals surface area contributed by atoms with E-state index in [2.05, 4.69) is 4.98 Å². The normalized spacial score (nSPS) is 15.4. The fourth-order valence-electron chi connectivity index (χ4n) is 3.33. The molecule has 1 aliphatic heterocycles. The van der Waals surface area contributed by atoms with E-state index in [1.165, 1.54) is 12.1 Å². The lowest BCUT2D eigenvalue weighted by Gasteiger charge is -2.31. The first kappa shape index (κ1) is 16.9. The Labute approximate surface area is 143 Å². The summed E-state index contributed by atoms with van der Waals surface area (Å²) in [6.07, 6.45) is 3.41. The zero-order chi connectivity index (χ0) is 18.0. The minimum absolute atomic E-state index is 0.00437. The molecule has 1 amide bonds. The summed E-state index contributed by atoms with van der Waals surface area (Å²) in [7, 11) is 0. The second kappa shape index (κ2) is 6.92. The van der Waals surface area contributed by atoms with Crippen molar-refractivity contribution in [2.45, 2.75) is 25.7 Å². The molecule has 2 heterocycles. The van der Waals surface area contributed by atoms with Crippen molar-refractivity contribution >= 4 is 28.5 Å². The van der Waals surface area contributed by atoms with E-state index < -0.39 is 10.9 Å². The smallest absolute Gasteiger partial charge is 0.303 e. The lowest BCUT2D eigenvalue weighted by atomic mass is 9.93. The molecule has 25 heavy (non-hydrogen) atoms. The van der Waals surface area contributed by atoms with Gasteiger partial charge in [-0.2, -0.15) is 0 Å². The molecule has 2 aromatic rings. The van der Waals surface area contributed by atoms with Gasteiger partial charge in [-0.1, -0.05) is 0 Å². The van der Waals surface area contributed by atoms with Crippen LogP contribution in [0.15, 0.2) is 24.4 Å². The van der Waals surface area contributed by atoms with E-state index in [4.69, 9.17) is 5.11 Å². The van der Waals surface area contributed by atoms with E-state index >= 15 is 0 Å². The average molecular weight is 345 g/mol. The van der Waals surface area contributed by atoms with Crippen LogP contribution in [0.1, 0.15) is 24.8 Å². The maximum absolute atomic E-state index is 12.5. The van der Waals surface area contributed by atoms with Gasteiger partial charge in [0, 0.05) is 48.7 Å². The van der Waals surface area contributed by atoms with E-state index in [-0.39, 0.29) is 30.4 Å². The number of non-ortho nitro benzene ring substituents is 1. The lowest BCUT2D eigenvalue weighted by Crippen LogP contribution is -2.39. The number of carbonyl (C=O) groups excluding carboxylic acids is 1. The maximum atomic E-state index is 12.5. The quantitative estimate of drug-likeness (QED) is 0.637. The van der Waals surface area contributed by atoms with Crippen molar-refractivity contribution in [3.05, 3.63) is 40.1 Å². The summed E-state index contributed by atoms with van der Waals surface area (Å²) in [5, 5.41) is 20.5. The summed E-state index contributed by atoms with van der Waals surface area (Å²) in [6.45, 7) is 1.11. The number of piperidine rings is 1. The molecule has 0 saturated carbocycles. The highest BCUT2D eigenvalue weighted by molar-refractivity contribution is 5.90. The average Bonchev–Trinajstić information content (AvgIpc) is 2.97. The molecular formula is C17H19N3O5. The third-order valence-electron chi connectivity index (χ3n) is 4.73. The van der Waals surface area contributed by atoms with Crippen LogP contribution < -0.4 is 0 Å². The van der Waals surface area contributed by atoms with Crippen LogP contribution in [0.4, 0.5) is 5.69 Å². The van der Waals surface area contributed by atoms with Crippen molar-refractivity contribution in [3.63, 3.8) is 0 Å². The van der Waals surface area contributed by atoms with Gasteiger partial charge in [0.25, 0.3) is 5.69 Å². The van der Waals surface area contributed by atoms with E-state index in [9.17, 15) is 19.7 Å². The Balaban J connectivity index is 1.67. The van der Waals surface area contributed by atoms with Gasteiger partial charge in [0.2, 0.25) is 5.91 Å². The highest BCUT2D eigenvalue weighted by Gasteiger charge is 2.25. The van der Waals surface area contributed by atoms with Crippen molar-refractivity contribution in [1.29, 1.82) is 0 Å². The number of likely N-dealkylation sites (tertiary alicyclic amines) is 1. The number of H-pyrrole nitrogens is 1. The standard InChI is InChI=1S/C17H19N3O5/c21-16(19-5-3-11(4-6-19)7-17(22)23)8-12-10-18-15-2-1-13(20(24)25)9-14(12)15/h1-2,9-11,18H,3-8H2,(H,22,23). The maximum Gasteiger partial charge on any atom is 0.303 e. The highest BCUT2D eigenvalue weighted by atomic mass is 16.6. The predicted molar refractivity (Wildman–Crippen MR) is 90.2 cm³/mol. The van der Waals surface area contributed by atoms with E-state index in [0.29, 0.717) is 31.3 Å². The molecule has 0 atom stereocenters. The van der Waals surface area contributed by atoms with Crippen LogP contribution in [-0.4, -0.2) is 44.9 Å². The van der Waals surface area contributed by atoms with Crippen LogP contribution in [0.3, 0.4) is 0 Å². The zero-order valence-corrected chi connectivity index (χ0v) is 13.6. The molecule has 0 unspecified atom stereocenters. The molecule has 3 rings (SSSR count). The topological polar surface area (TPSA) is 117 Å². The Morgan fingerprint density at radius 3 is 2.68 bits per heavy atom. The number of rotatable bonds is 5. The fourth-order valence-corrected chi connectivity index (χ4v) is 3.33. The van der Waals surface area contributed by atoms with Gasteiger partial charge in [-0.05, 0) is 30.4 Å². The number of nitrogens with zero attached hydrogens (tertiary/aromatic N) is 2. The molecule has 0 bridgehead atoms. The number of carbonyl (C=O) groups is 2. The highest BCUT2D eigenvalue weighted by Crippen LogP contribution is 2.25. The minimum Gasteiger partial charge on any atom is -0.481 e. The first-order valence-corrected chi connectivity index (χ1v) is 8.18. The Bertz CT molecular complexity index is 821. The Morgan fingerprint density at radius 1 is 1.32 bits per heavy atom. The Morgan fingerprint density at radius 2 is 2.04 bits per heavy atom. The number of aromatic amines is 1. The number of nitro benzene ring substituents is 1. The van der Waals surface area contributed by atoms with Crippen LogP contribution >= 0.6 is 0 Å². The molecular weight excluding hydrogens is 326 g/mol. The summed E-state index contributed by atoms with van der Waals surface area (Å²) in [5.74, 6) is -0.719. The predicted octanol–water partition coefficient (Wildman–Crippen LogP) is 2.33. The van der Waals surface area contributed by atoms with E-state index in [1.807, 2.05) is 0 Å². The molecule has 0 radical (unpaired) electrons. The summed E-state index contributed by atoms with van der Waals surface area (Å²) >= 11 is 0. The molecule has 1 saturated heterocycles. The summed E-state index contributed by atoms with van der Waals surface area (Å²) in [6, 6.07) is 4.55. The molecule has 0 spiro atoms. The van der Waals surface area contributed by atoms with Crippen LogP contribution in [0, 0.1) is 16.0 Å². The van der Waals surface area contributed by atoms with Gasteiger partial charge in [-0.3, -0.25) is 19.7 Å². The molecule has 8 nitrogen and oxygen atoms in total. The third-order valence-corrected chi connectivity index (χ3v) is 4.73. The van der Waals surface area contributed by atoms with Crippen LogP contribution in [-0.2, 0) is 16.0 Å². The van der Waals surface area contributed by atoms with Crippen molar-refractivity contribution in [2.24, 2.45) is 5.92 Å². The van der Waals surface area contributed by atoms with Gasteiger partial charge in [-0.25, -0.2) is 0 Å². The number of amides is 1. The summed E-state index contributed by atoms with van der Waals surface area (Å²) < 4.78 is 0. The van der Waals surface area contributed by atoms with Gasteiger partial charge in [0.15, 0.2) is 0 Å². The molecule has 0 aliphatic carbocycles. The number of hydrogen-bond acceptors (Lipinski definition) is 4. The fraction of sp³-hybridized carbons (Fsp3) is 0.412. The first-order valence-electron chi connectivity index (χ1n) is 8.18. The van der Waals surface area contributed by atoms with Gasteiger partial charge in [0.05, 0.1) is 11.3 Å². The molecule has 1 aliphatic rings. The number of aromatic nitrogens is 1. The van der Waals surface area contributed by atoms with Crippen molar-refractivity contribution in [1.82, 2.24) is 9.88 Å². The zero-order valence-electron chi connectivity index (χ0n) is 13.6. The largest absolute Gasteiger partial charge is 0.481 e. The van der Waals surface area contributed by atoms with Crippen molar-refractivity contribution in [2.75, 3.05) is 13.1 Å². The SMILES string of the molecule is O=C(O)CC1CCN(C(=O)Cc2c[nH]c3ccc([N+](=O)[O-])cc23)CC1. The number of fused-ring (bicyclic) bond motifs is 1. The van der Waals surface area contributed by atoms with Crippen molar-refractivity contribution in [3.8, 4) is 0 Å². The van der Waals surface area contributed by atoms with E-state index in [0.717, 1.165) is 11.1 Å². The van der Waals surface area contributed by atoms with E-state index in [1.54, 1.807) is 17.2 Å². The van der Waals surface area contributed by atoms with Crippen LogP contribution in [0.25, 0.3) is 10.9 Å². The lowest BCUT2D eigenvalue weighted by molar-refractivity contribution is -0.384. The molecule has 1 aromatic carbocycles. The van der Waals surface area contributed by atoms with Crippen LogP contribution in [0.2, 0.25) is 0 Å². The third kappa shape index (κ3) is 3.78. The van der Waals surface area contributed by atoms with Gasteiger partial charge >= 0.3 is 5.97 Å². The number of nitro groups is 1. The van der Waals surface area contributed by atoms with Gasteiger partial charge < -0.3 is 15.0 Å². The number of aliphatic carboxylic acids is 1. The molecule has 2 N–H and O–H groups in total. The van der Waals surface area contributed by atoms with Gasteiger partial charge in [0.1, 0.15) is 0 Å². The number of benzene rings is 1. The monoisotopic (exact) mass is 345 g/mol. The summed E-state index contributed by atoms with van der Waals surface area (Å²) in [5.41, 5.74) is 1.49. The minimum atomic E-state index is -0.801. The first-order chi connectivity index (χ1) is 11.9. The summed E-state index contributed by atoms with van der Waals surface area (Å²) in [4.78, 5) is 38.5. The number of nitrogens with one attached hydrogen (secondary N) is 1. The second-order valence-corrected chi connectivity index (χ2v) is 6.40. The number of carboxylic acid groups (broad SMARTS) is 1. The molecule has 1 aromatic heterocycles. The molecule has 8 heteroatoms. The Hall–Kier alpha value is -2.90. The van der Waals surface area contributed by atoms with Crippen LogP contribution in [0.5, 0.6) is 0 Å². The van der Waals surface area contributed by atoms with Crippen molar-refractivity contribution < 1.29 is 19.6 Å². The number of carboxylic acids is 1. The molecule has 132 valence electrons. The number of hydrogen-bond donors (Lipinski definition) is 2. The van der Waals surface area contributed by atoms with Gasteiger partial charge in [-0.15, -0.1) is 0 Å². The second-order valence-electron chi connectivity index (χ2n) is 6.40. The molecule has 1 fully saturated rings.